The molecular formula is C31H23N3OS. The zero-order valence-corrected chi connectivity index (χ0v) is 20.3. The van der Waals surface area contributed by atoms with E-state index in [2.05, 4.69) is 82.0 Å². The van der Waals surface area contributed by atoms with Gasteiger partial charge in [0.1, 0.15) is 12.4 Å². The van der Waals surface area contributed by atoms with Crippen LogP contribution < -0.4 is 10.1 Å². The zero-order valence-electron chi connectivity index (χ0n) is 19.5. The number of fused-ring (bicyclic) bond motifs is 1. The van der Waals surface area contributed by atoms with Crippen LogP contribution >= 0.6 is 11.3 Å². The molecule has 1 N–H and O–H groups in total. The fourth-order valence-corrected chi connectivity index (χ4v) is 5.14. The third kappa shape index (κ3) is 4.83. The fraction of sp³-hybridized carbons (Fsp3) is 0.0323. The van der Waals surface area contributed by atoms with Gasteiger partial charge in [-0.15, -0.1) is 11.3 Å². The SMILES string of the molecule is c1ccc(COc2cncc(-c3cc4c(Nc5ccc(-c6ccccc6)cc5)cncc4s3)c2)cc1. The van der Waals surface area contributed by atoms with Crippen LogP contribution in [0, 0.1) is 0 Å². The molecule has 0 aliphatic rings. The number of rotatable bonds is 7. The summed E-state index contributed by atoms with van der Waals surface area (Å²) in [5.74, 6) is 0.754. The number of pyridine rings is 2. The first-order valence-corrected chi connectivity index (χ1v) is 12.6. The highest BCUT2D eigenvalue weighted by Gasteiger charge is 2.11. The molecule has 36 heavy (non-hydrogen) atoms. The molecule has 0 saturated heterocycles. The Kier molecular flexibility index (Phi) is 6.13. The summed E-state index contributed by atoms with van der Waals surface area (Å²) in [7, 11) is 0. The number of hydrogen-bond donors (Lipinski definition) is 1. The van der Waals surface area contributed by atoms with E-state index < -0.39 is 0 Å². The van der Waals surface area contributed by atoms with E-state index >= 15 is 0 Å². The second-order valence-electron chi connectivity index (χ2n) is 8.46. The number of nitrogens with zero attached hydrogens (tertiary/aromatic N) is 2. The number of anilines is 2. The average Bonchev–Trinajstić information content (AvgIpc) is 3.39. The highest BCUT2D eigenvalue weighted by atomic mass is 32.1. The van der Waals surface area contributed by atoms with Gasteiger partial charge in [0.15, 0.2) is 0 Å². The maximum Gasteiger partial charge on any atom is 0.138 e. The summed E-state index contributed by atoms with van der Waals surface area (Å²) in [6.07, 6.45) is 7.42. The van der Waals surface area contributed by atoms with Crippen LogP contribution in [0.25, 0.3) is 31.7 Å². The summed E-state index contributed by atoms with van der Waals surface area (Å²) >= 11 is 1.70. The number of nitrogens with one attached hydrogen (secondary N) is 1. The van der Waals surface area contributed by atoms with Crippen molar-refractivity contribution in [3.8, 4) is 27.3 Å². The van der Waals surface area contributed by atoms with E-state index in [1.165, 1.54) is 11.1 Å². The van der Waals surface area contributed by atoms with Crippen LogP contribution in [0.5, 0.6) is 5.75 Å². The second kappa shape index (κ2) is 10.0. The van der Waals surface area contributed by atoms with Crippen molar-refractivity contribution in [1.29, 1.82) is 0 Å². The maximum absolute atomic E-state index is 5.99. The Labute approximate surface area is 213 Å². The molecule has 4 nitrogen and oxygen atoms in total. The van der Waals surface area contributed by atoms with Crippen LogP contribution in [0.15, 0.2) is 122 Å². The third-order valence-electron chi connectivity index (χ3n) is 5.96. The predicted octanol–water partition coefficient (Wildman–Crippen LogP) is 8.35. The van der Waals surface area contributed by atoms with Crippen molar-refractivity contribution in [2.75, 3.05) is 5.32 Å². The lowest BCUT2D eigenvalue weighted by atomic mass is 10.1. The van der Waals surface area contributed by atoms with Crippen molar-refractivity contribution in [1.82, 2.24) is 9.97 Å². The van der Waals surface area contributed by atoms with Gasteiger partial charge in [-0.1, -0.05) is 72.8 Å². The molecule has 0 spiro atoms. The van der Waals surface area contributed by atoms with Crippen LogP contribution in [0.4, 0.5) is 11.4 Å². The lowest BCUT2D eigenvalue weighted by molar-refractivity contribution is 0.305. The van der Waals surface area contributed by atoms with Crippen LogP contribution in [-0.4, -0.2) is 9.97 Å². The molecule has 0 bridgehead atoms. The molecular weight excluding hydrogens is 462 g/mol. The molecule has 0 aliphatic heterocycles. The summed E-state index contributed by atoms with van der Waals surface area (Å²) < 4.78 is 7.11. The molecule has 0 saturated carbocycles. The van der Waals surface area contributed by atoms with Gasteiger partial charge in [0.25, 0.3) is 0 Å². The number of hydrogen-bond acceptors (Lipinski definition) is 5. The van der Waals surface area contributed by atoms with E-state index in [0.717, 1.165) is 43.2 Å². The smallest absolute Gasteiger partial charge is 0.138 e. The molecule has 5 heteroatoms. The van der Waals surface area contributed by atoms with Crippen LogP contribution in [0.1, 0.15) is 5.56 Å². The average molecular weight is 486 g/mol. The minimum absolute atomic E-state index is 0.513. The topological polar surface area (TPSA) is 47.0 Å². The van der Waals surface area contributed by atoms with Gasteiger partial charge in [0.2, 0.25) is 0 Å². The van der Waals surface area contributed by atoms with Gasteiger partial charge >= 0.3 is 0 Å². The van der Waals surface area contributed by atoms with E-state index in [9.17, 15) is 0 Å². The summed E-state index contributed by atoms with van der Waals surface area (Å²) in [6.45, 7) is 0.513. The predicted molar refractivity (Wildman–Crippen MR) is 149 cm³/mol. The third-order valence-corrected chi connectivity index (χ3v) is 7.08. The van der Waals surface area contributed by atoms with Gasteiger partial charge in [-0.05, 0) is 41.0 Å². The number of thiophene rings is 1. The fourth-order valence-electron chi connectivity index (χ4n) is 4.11. The largest absolute Gasteiger partial charge is 0.487 e. The van der Waals surface area contributed by atoms with E-state index in [0.29, 0.717) is 6.61 Å². The van der Waals surface area contributed by atoms with E-state index in [1.54, 1.807) is 17.5 Å². The Morgan fingerprint density at radius 3 is 2.19 bits per heavy atom. The van der Waals surface area contributed by atoms with Crippen molar-refractivity contribution >= 4 is 32.8 Å². The highest BCUT2D eigenvalue weighted by molar-refractivity contribution is 7.22. The van der Waals surface area contributed by atoms with E-state index in [-0.39, 0.29) is 0 Å². The Hall–Kier alpha value is -4.48. The molecule has 0 fully saturated rings. The van der Waals surface area contributed by atoms with E-state index in [1.807, 2.05) is 48.9 Å². The van der Waals surface area contributed by atoms with Crippen LogP contribution in [0.2, 0.25) is 0 Å². The number of benzene rings is 3. The van der Waals surface area contributed by atoms with Gasteiger partial charge in [0, 0.05) is 33.9 Å². The molecule has 174 valence electrons. The molecule has 6 aromatic rings. The maximum atomic E-state index is 5.99. The Bertz CT molecular complexity index is 1600. The molecule has 0 atom stereocenters. The molecule has 3 heterocycles. The second-order valence-corrected chi connectivity index (χ2v) is 9.55. The molecule has 0 unspecified atom stereocenters. The lowest BCUT2D eigenvalue weighted by Gasteiger charge is -2.09. The molecule has 0 radical (unpaired) electrons. The first-order chi connectivity index (χ1) is 17.8. The molecule has 3 aromatic carbocycles. The van der Waals surface area contributed by atoms with Crippen molar-refractivity contribution < 1.29 is 4.74 Å². The molecule has 6 rings (SSSR count). The molecule has 3 aromatic heterocycles. The Balaban J connectivity index is 1.23. The van der Waals surface area contributed by atoms with Gasteiger partial charge in [0.05, 0.1) is 22.8 Å². The first-order valence-electron chi connectivity index (χ1n) is 11.7. The monoisotopic (exact) mass is 485 g/mol. The van der Waals surface area contributed by atoms with Crippen molar-refractivity contribution in [2.45, 2.75) is 6.61 Å². The Morgan fingerprint density at radius 1 is 0.667 bits per heavy atom. The Morgan fingerprint density at radius 2 is 1.39 bits per heavy atom. The number of ether oxygens (including phenoxy) is 1. The van der Waals surface area contributed by atoms with E-state index in [4.69, 9.17) is 4.74 Å². The quantitative estimate of drug-likeness (QED) is 0.247. The van der Waals surface area contributed by atoms with Crippen molar-refractivity contribution in [3.05, 3.63) is 127 Å². The normalized spacial score (nSPS) is 10.9. The van der Waals surface area contributed by atoms with Gasteiger partial charge < -0.3 is 10.1 Å². The highest BCUT2D eigenvalue weighted by Crippen LogP contribution is 2.38. The summed E-state index contributed by atoms with van der Waals surface area (Å²) in [5.41, 5.74) is 6.56. The van der Waals surface area contributed by atoms with Crippen LogP contribution in [-0.2, 0) is 6.61 Å². The summed E-state index contributed by atoms with van der Waals surface area (Å²) in [5, 5.41) is 4.68. The number of aromatic nitrogens is 2. The van der Waals surface area contributed by atoms with Crippen molar-refractivity contribution in [2.24, 2.45) is 0 Å². The van der Waals surface area contributed by atoms with Gasteiger partial charge in [-0.3, -0.25) is 9.97 Å². The van der Waals surface area contributed by atoms with Gasteiger partial charge in [-0.2, -0.15) is 0 Å². The minimum atomic E-state index is 0.513. The zero-order chi connectivity index (χ0) is 24.2. The van der Waals surface area contributed by atoms with Crippen LogP contribution in [0.3, 0.4) is 0 Å². The minimum Gasteiger partial charge on any atom is -0.487 e. The summed E-state index contributed by atoms with van der Waals surface area (Å²) in [4.78, 5) is 10.0. The van der Waals surface area contributed by atoms with Crippen molar-refractivity contribution in [3.63, 3.8) is 0 Å². The standard InChI is InChI=1S/C31H23N3OS/c1-3-7-22(8-4-1)21-35-27-15-25(17-32-18-27)30-16-28-29(19-33-20-31(28)36-30)34-26-13-11-24(12-14-26)23-9-5-2-6-10-23/h1-20,34H,21H2. The summed E-state index contributed by atoms with van der Waals surface area (Å²) in [6, 6.07) is 33.3. The first kappa shape index (κ1) is 22.0. The molecule has 0 aliphatic carbocycles. The molecule has 0 amide bonds. The van der Waals surface area contributed by atoms with Gasteiger partial charge in [-0.25, -0.2) is 0 Å². The lowest BCUT2D eigenvalue weighted by Crippen LogP contribution is -1.95.